The highest BCUT2D eigenvalue weighted by molar-refractivity contribution is 5.63. The van der Waals surface area contributed by atoms with E-state index in [1.54, 1.807) is 19.2 Å². The van der Waals surface area contributed by atoms with Crippen molar-refractivity contribution >= 4 is 29.0 Å². The second-order valence-corrected chi connectivity index (χ2v) is 12.8. The number of methoxy groups -OCH3 is 2. The molecule has 6 rings (SSSR count). The van der Waals surface area contributed by atoms with Crippen LogP contribution in [0.4, 0.5) is 22.7 Å². The normalized spacial score (nSPS) is 19.3. The number of piperazine rings is 2. The average Bonchev–Trinajstić information content (AvgIpc) is 3.07. The molecule has 0 unspecified atom stereocenters. The summed E-state index contributed by atoms with van der Waals surface area (Å²) in [6, 6.07) is 9.55. The molecule has 0 amide bonds. The fourth-order valence-electron chi connectivity index (χ4n) is 5.71. The summed E-state index contributed by atoms with van der Waals surface area (Å²) in [6.45, 7) is 15.5. The molecule has 16 nitrogen and oxygen atoms in total. The number of ether oxygens (including phenoxy) is 4. The predicted molar refractivity (Wildman–Crippen MR) is 182 cm³/mol. The standard InChI is InChI=1S/C16H23N3O4.C11H15N3O3.C5H8O2.H3N/c1-16(11-23-12-16)10-17-5-7-18(8-6-17)14-4-3-13(19(20)21)9-15(14)22-2;1-17-11-8-9(14(15)16)2-3-10(11)13-6-4-12-5-7-13;1-5(2-6)3-7-4-5;/h3-4,9H,5-8,10-12H2,1-2H3;2-3,8,12H,4-7H2,1H3;2H,3-4H2,1H3;1H3. The summed E-state index contributed by atoms with van der Waals surface area (Å²) in [7, 11) is 3.08. The van der Waals surface area contributed by atoms with Gasteiger partial charge in [0.1, 0.15) is 17.8 Å². The molecule has 4 aliphatic rings. The molecule has 0 radical (unpaired) electrons. The van der Waals surface area contributed by atoms with Crippen LogP contribution in [0.1, 0.15) is 13.8 Å². The molecule has 0 aliphatic carbocycles. The number of nitro groups is 2. The summed E-state index contributed by atoms with van der Waals surface area (Å²) in [4.78, 5) is 37.7. The fourth-order valence-corrected chi connectivity index (χ4v) is 5.71. The Balaban J connectivity index is 0.000000219. The first-order chi connectivity index (χ1) is 22.5. The van der Waals surface area contributed by atoms with Gasteiger partial charge in [0, 0.05) is 76.5 Å². The van der Waals surface area contributed by atoms with Gasteiger partial charge in [0.2, 0.25) is 0 Å². The van der Waals surface area contributed by atoms with Gasteiger partial charge in [-0.15, -0.1) is 0 Å². The van der Waals surface area contributed by atoms with E-state index in [1.165, 1.54) is 31.4 Å². The van der Waals surface area contributed by atoms with E-state index in [0.717, 1.165) is 89.8 Å². The number of rotatable bonds is 9. The van der Waals surface area contributed by atoms with Gasteiger partial charge < -0.3 is 45.0 Å². The van der Waals surface area contributed by atoms with Crippen LogP contribution in [0.15, 0.2) is 36.4 Å². The minimum absolute atomic E-state index is 0. The summed E-state index contributed by atoms with van der Waals surface area (Å²) in [5, 5.41) is 24.8. The number of carbonyl (C=O) groups excluding carboxylic acids is 1. The van der Waals surface area contributed by atoms with Crippen molar-refractivity contribution in [3.05, 3.63) is 56.6 Å². The van der Waals surface area contributed by atoms with Crippen LogP contribution >= 0.6 is 0 Å². The largest absolute Gasteiger partial charge is 0.494 e. The molecule has 0 bridgehead atoms. The Bertz CT molecular complexity index is 1370. The van der Waals surface area contributed by atoms with Gasteiger partial charge in [0.05, 0.1) is 79.4 Å². The van der Waals surface area contributed by atoms with Crippen LogP contribution in [-0.4, -0.2) is 121 Å². The molecule has 0 aromatic heterocycles. The van der Waals surface area contributed by atoms with E-state index in [2.05, 4.69) is 26.9 Å². The number of nitrogens with zero attached hydrogens (tertiary/aromatic N) is 5. The summed E-state index contributed by atoms with van der Waals surface area (Å²) in [5.41, 5.74) is 2.12. The quantitative estimate of drug-likeness (QED) is 0.223. The van der Waals surface area contributed by atoms with Crippen molar-refractivity contribution in [3.63, 3.8) is 0 Å². The third kappa shape index (κ3) is 9.96. The SMILES string of the molecule is CC1(C=O)COC1.COc1cc([N+](=O)[O-])ccc1N1CCN(CC2(C)COC2)CC1.COc1cc([N+](=O)[O-])ccc1N1CCNCC1.N. The fraction of sp³-hybridized carbons (Fsp3) is 0.594. The van der Waals surface area contributed by atoms with E-state index in [1.807, 2.05) is 6.92 Å². The smallest absolute Gasteiger partial charge is 0.273 e. The van der Waals surface area contributed by atoms with Gasteiger partial charge in [-0.1, -0.05) is 6.92 Å². The van der Waals surface area contributed by atoms with E-state index < -0.39 is 9.85 Å². The maximum Gasteiger partial charge on any atom is 0.273 e. The molecule has 4 aliphatic heterocycles. The Morgan fingerprint density at radius 2 is 1.25 bits per heavy atom. The minimum atomic E-state index is -0.413. The minimum Gasteiger partial charge on any atom is -0.494 e. The molecule has 4 saturated heterocycles. The lowest BCUT2D eigenvalue weighted by molar-refractivity contribution is -0.385. The van der Waals surface area contributed by atoms with Crippen LogP contribution in [0.2, 0.25) is 0 Å². The van der Waals surface area contributed by atoms with Crippen LogP contribution in [0.3, 0.4) is 0 Å². The van der Waals surface area contributed by atoms with Crippen LogP contribution in [0.5, 0.6) is 11.5 Å². The zero-order valence-corrected chi connectivity index (χ0v) is 28.4. The van der Waals surface area contributed by atoms with Crippen molar-refractivity contribution in [3.8, 4) is 11.5 Å². The number of hydrogen-bond acceptors (Lipinski definition) is 14. The third-order valence-corrected chi connectivity index (χ3v) is 8.57. The molecule has 4 heterocycles. The molecule has 16 heteroatoms. The van der Waals surface area contributed by atoms with Gasteiger partial charge >= 0.3 is 0 Å². The zero-order valence-electron chi connectivity index (χ0n) is 28.4. The van der Waals surface area contributed by atoms with Gasteiger partial charge in [-0.2, -0.15) is 0 Å². The molecule has 2 aromatic carbocycles. The first kappa shape index (κ1) is 38.4. The molecule has 266 valence electrons. The second kappa shape index (κ2) is 17.3. The number of hydrogen-bond donors (Lipinski definition) is 2. The number of benzene rings is 2. The molecule has 2 aromatic rings. The number of non-ortho nitro benzene ring substituents is 2. The van der Waals surface area contributed by atoms with Gasteiger partial charge in [0.25, 0.3) is 11.4 Å². The lowest BCUT2D eigenvalue weighted by atomic mass is 9.88. The Hall–Kier alpha value is -4.09. The second-order valence-electron chi connectivity index (χ2n) is 12.8. The van der Waals surface area contributed by atoms with E-state index in [9.17, 15) is 25.0 Å². The monoisotopic (exact) mass is 675 g/mol. The summed E-state index contributed by atoms with van der Waals surface area (Å²) in [6.07, 6.45) is 0.955. The highest BCUT2D eigenvalue weighted by atomic mass is 16.6. The first-order valence-electron chi connectivity index (χ1n) is 15.7. The lowest BCUT2D eigenvalue weighted by Gasteiger charge is -2.44. The van der Waals surface area contributed by atoms with Crippen LogP contribution in [0.25, 0.3) is 0 Å². The van der Waals surface area contributed by atoms with Crippen LogP contribution < -0.4 is 30.7 Å². The maximum atomic E-state index is 10.9. The van der Waals surface area contributed by atoms with E-state index in [4.69, 9.17) is 18.9 Å². The van der Waals surface area contributed by atoms with Crippen molar-refractivity contribution < 1.29 is 33.6 Å². The number of nitro benzene ring substituents is 2. The van der Waals surface area contributed by atoms with E-state index in [0.29, 0.717) is 30.1 Å². The Kier molecular flexibility index (Phi) is 13.9. The lowest BCUT2D eigenvalue weighted by Crippen LogP contribution is -2.54. The molecular weight excluding hydrogens is 626 g/mol. The predicted octanol–water partition coefficient (Wildman–Crippen LogP) is 3.16. The Labute approximate surface area is 281 Å². The molecule has 4 fully saturated rings. The highest BCUT2D eigenvalue weighted by Gasteiger charge is 2.36. The van der Waals surface area contributed by atoms with Crippen molar-refractivity contribution in [1.29, 1.82) is 0 Å². The van der Waals surface area contributed by atoms with Crippen molar-refractivity contribution in [2.45, 2.75) is 13.8 Å². The summed E-state index contributed by atoms with van der Waals surface area (Å²) in [5.74, 6) is 1.12. The third-order valence-electron chi connectivity index (χ3n) is 8.57. The van der Waals surface area contributed by atoms with Crippen molar-refractivity contribution in [2.24, 2.45) is 10.8 Å². The first-order valence-corrected chi connectivity index (χ1v) is 15.7. The summed E-state index contributed by atoms with van der Waals surface area (Å²) >= 11 is 0. The molecule has 48 heavy (non-hydrogen) atoms. The van der Waals surface area contributed by atoms with Gasteiger partial charge in [-0.3, -0.25) is 25.1 Å². The number of nitrogens with one attached hydrogen (secondary N) is 1. The number of aldehydes is 1. The summed E-state index contributed by atoms with van der Waals surface area (Å²) < 4.78 is 20.7. The van der Waals surface area contributed by atoms with Gasteiger partial charge in [0.15, 0.2) is 0 Å². The molecular formula is C32H49N7O9. The maximum absolute atomic E-state index is 10.9. The topological polar surface area (TPSA) is 197 Å². The average molecular weight is 676 g/mol. The van der Waals surface area contributed by atoms with Crippen molar-refractivity contribution in [2.75, 3.05) is 109 Å². The van der Waals surface area contributed by atoms with E-state index >= 15 is 0 Å². The Morgan fingerprint density at radius 3 is 1.58 bits per heavy atom. The van der Waals surface area contributed by atoms with Gasteiger partial charge in [-0.25, -0.2) is 0 Å². The van der Waals surface area contributed by atoms with Gasteiger partial charge in [-0.05, 0) is 19.1 Å². The van der Waals surface area contributed by atoms with Crippen LogP contribution in [0, 0.1) is 31.1 Å². The Morgan fingerprint density at radius 1 is 0.792 bits per heavy atom. The molecule has 0 saturated carbocycles. The molecule has 0 atom stereocenters. The van der Waals surface area contributed by atoms with Crippen LogP contribution in [-0.2, 0) is 14.3 Å². The molecule has 4 N–H and O–H groups in total. The molecule has 0 spiro atoms. The zero-order chi connectivity index (χ0) is 34.0. The number of carbonyl (C=O) groups is 1. The van der Waals surface area contributed by atoms with E-state index in [-0.39, 0.29) is 22.9 Å². The highest BCUT2D eigenvalue weighted by Crippen LogP contribution is 2.34. The number of anilines is 2. The van der Waals surface area contributed by atoms with Crippen molar-refractivity contribution in [1.82, 2.24) is 16.4 Å².